The Morgan fingerprint density at radius 2 is 1.71 bits per heavy atom. The van der Waals surface area contributed by atoms with Gasteiger partial charge >= 0.3 is 6.03 Å². The van der Waals surface area contributed by atoms with Gasteiger partial charge in [0.2, 0.25) is 5.91 Å². The van der Waals surface area contributed by atoms with E-state index in [4.69, 9.17) is 16.6 Å². The third-order valence-corrected chi connectivity index (χ3v) is 8.10. The van der Waals surface area contributed by atoms with Crippen LogP contribution in [-0.4, -0.2) is 61.9 Å². The first-order valence-electron chi connectivity index (χ1n) is 12.2. The molecule has 2 unspecified atom stereocenters. The molecule has 3 aromatic carbocycles. The Hall–Kier alpha value is -3.69. The molecule has 0 radical (unpaired) electrons. The number of carbonyl (C=O) groups is 2. The number of aryl methyl sites for hydroxylation is 1. The van der Waals surface area contributed by atoms with Crippen LogP contribution in [0, 0.1) is 6.92 Å². The van der Waals surface area contributed by atoms with Crippen molar-refractivity contribution in [2.75, 3.05) is 25.9 Å². The van der Waals surface area contributed by atoms with Crippen molar-refractivity contribution < 1.29 is 18.0 Å². The molecule has 0 aliphatic carbocycles. The van der Waals surface area contributed by atoms with Crippen LogP contribution in [0.3, 0.4) is 0 Å². The molecule has 5 rings (SSSR count). The second kappa shape index (κ2) is 10.2. The van der Waals surface area contributed by atoms with Crippen molar-refractivity contribution in [1.82, 2.24) is 15.1 Å². The van der Waals surface area contributed by atoms with E-state index < -0.39 is 21.9 Å². The molecule has 1 fully saturated rings. The van der Waals surface area contributed by atoms with Crippen molar-refractivity contribution in [1.29, 1.82) is 0 Å². The molecular weight excluding hydrogens is 524 g/mol. The Labute approximate surface area is 226 Å². The molecule has 8 nitrogen and oxygen atoms in total. The van der Waals surface area contributed by atoms with Crippen LogP contribution in [0.1, 0.15) is 34.3 Å². The fourth-order valence-corrected chi connectivity index (χ4v) is 5.62. The standard InChI is InChI=1S/C28H27ClN4O4S/c1-18-4-3-5-21(16-18)27-31-25(19-8-12-23(13-9-19)38(2,36)37)26(20-6-10-22(29)11-7-20)33(27)28(35)32-15-14-30-24(34)17-32/h3-13,16,25-26H,14-15,17H2,1-2H3,(H,30,34). The van der Waals surface area contributed by atoms with E-state index in [1.807, 2.05) is 43.3 Å². The van der Waals surface area contributed by atoms with Crippen LogP contribution < -0.4 is 5.32 Å². The molecule has 10 heteroatoms. The molecule has 3 amide bonds. The Morgan fingerprint density at radius 3 is 2.34 bits per heavy atom. The fourth-order valence-electron chi connectivity index (χ4n) is 4.86. The highest BCUT2D eigenvalue weighted by Crippen LogP contribution is 2.44. The molecule has 3 aromatic rings. The van der Waals surface area contributed by atoms with Gasteiger partial charge in [-0.05, 0) is 48.4 Å². The van der Waals surface area contributed by atoms with Crippen molar-refractivity contribution in [2.24, 2.45) is 4.99 Å². The summed E-state index contributed by atoms with van der Waals surface area (Å²) in [6.45, 7) is 2.68. The zero-order valence-corrected chi connectivity index (χ0v) is 22.5. The molecule has 2 atom stereocenters. The summed E-state index contributed by atoms with van der Waals surface area (Å²) in [6, 6.07) is 20.2. The molecule has 38 heavy (non-hydrogen) atoms. The minimum absolute atomic E-state index is 0.0442. The number of halogens is 1. The van der Waals surface area contributed by atoms with Crippen LogP contribution >= 0.6 is 11.6 Å². The van der Waals surface area contributed by atoms with Gasteiger partial charge in [0.15, 0.2) is 9.84 Å². The second-order valence-corrected chi connectivity index (χ2v) is 12.0. The maximum Gasteiger partial charge on any atom is 0.326 e. The number of amidine groups is 1. The first-order valence-corrected chi connectivity index (χ1v) is 14.4. The number of sulfone groups is 1. The van der Waals surface area contributed by atoms with E-state index in [9.17, 15) is 18.0 Å². The average molecular weight is 551 g/mol. The molecule has 0 saturated carbocycles. The number of urea groups is 1. The van der Waals surface area contributed by atoms with Gasteiger partial charge in [-0.2, -0.15) is 0 Å². The Morgan fingerprint density at radius 1 is 1.03 bits per heavy atom. The molecule has 196 valence electrons. The number of nitrogens with zero attached hydrogens (tertiary/aromatic N) is 3. The summed E-state index contributed by atoms with van der Waals surface area (Å²) in [5.74, 6) is 0.274. The van der Waals surface area contributed by atoms with Gasteiger partial charge < -0.3 is 10.2 Å². The van der Waals surface area contributed by atoms with Gasteiger partial charge in [-0.1, -0.05) is 59.6 Å². The fraction of sp³-hybridized carbons (Fsp3) is 0.250. The second-order valence-electron chi connectivity index (χ2n) is 9.53. The number of aliphatic imine (C=N–C) groups is 1. The zero-order valence-electron chi connectivity index (χ0n) is 21.0. The largest absolute Gasteiger partial charge is 0.353 e. The first-order chi connectivity index (χ1) is 18.1. The van der Waals surface area contributed by atoms with E-state index in [0.29, 0.717) is 23.9 Å². The number of rotatable bonds is 4. The van der Waals surface area contributed by atoms with Gasteiger partial charge in [-0.3, -0.25) is 14.7 Å². The number of hydrogen-bond acceptors (Lipinski definition) is 5. The summed E-state index contributed by atoms with van der Waals surface area (Å²) in [6.07, 6.45) is 1.16. The minimum Gasteiger partial charge on any atom is -0.353 e. The quantitative estimate of drug-likeness (QED) is 0.527. The van der Waals surface area contributed by atoms with Crippen molar-refractivity contribution in [3.8, 4) is 0 Å². The van der Waals surface area contributed by atoms with Crippen LogP contribution in [0.15, 0.2) is 82.7 Å². The third kappa shape index (κ3) is 5.16. The molecule has 1 saturated heterocycles. The lowest BCUT2D eigenvalue weighted by atomic mass is 9.93. The monoisotopic (exact) mass is 550 g/mol. The topological polar surface area (TPSA) is 99.2 Å². The average Bonchev–Trinajstić information content (AvgIpc) is 3.29. The summed E-state index contributed by atoms with van der Waals surface area (Å²) in [5.41, 5.74) is 3.36. The minimum atomic E-state index is -3.38. The smallest absolute Gasteiger partial charge is 0.326 e. The van der Waals surface area contributed by atoms with Gasteiger partial charge in [0.05, 0.1) is 10.9 Å². The SMILES string of the molecule is Cc1cccc(C2=NC(c3ccc(S(C)(=O)=O)cc3)C(c3ccc(Cl)cc3)N2C(=O)N2CCNC(=O)C2)c1. The van der Waals surface area contributed by atoms with E-state index >= 15 is 0 Å². The van der Waals surface area contributed by atoms with E-state index in [1.54, 1.807) is 41.3 Å². The molecule has 0 bridgehead atoms. The van der Waals surface area contributed by atoms with E-state index in [2.05, 4.69) is 5.32 Å². The maximum atomic E-state index is 14.1. The van der Waals surface area contributed by atoms with Crippen LogP contribution in [0.2, 0.25) is 5.02 Å². The van der Waals surface area contributed by atoms with E-state index in [1.165, 1.54) is 4.90 Å². The summed E-state index contributed by atoms with van der Waals surface area (Å²) < 4.78 is 24.1. The summed E-state index contributed by atoms with van der Waals surface area (Å²) in [5, 5.41) is 3.32. The van der Waals surface area contributed by atoms with Crippen LogP contribution in [0.4, 0.5) is 4.79 Å². The van der Waals surface area contributed by atoms with Gasteiger partial charge in [-0.25, -0.2) is 13.2 Å². The molecule has 0 aromatic heterocycles. The van der Waals surface area contributed by atoms with Crippen molar-refractivity contribution in [3.63, 3.8) is 0 Å². The summed E-state index contributed by atoms with van der Waals surface area (Å²) in [7, 11) is -3.38. The van der Waals surface area contributed by atoms with Gasteiger partial charge in [0.25, 0.3) is 0 Å². The predicted molar refractivity (Wildman–Crippen MR) is 146 cm³/mol. The molecule has 2 aliphatic rings. The molecule has 2 aliphatic heterocycles. The highest BCUT2D eigenvalue weighted by molar-refractivity contribution is 7.90. The number of hydrogen-bond donors (Lipinski definition) is 1. The first kappa shape index (κ1) is 25.9. The lowest BCUT2D eigenvalue weighted by Gasteiger charge is -2.35. The van der Waals surface area contributed by atoms with Crippen molar-refractivity contribution >= 4 is 39.2 Å². The summed E-state index contributed by atoms with van der Waals surface area (Å²) >= 11 is 6.19. The molecular formula is C28H27ClN4O4S. The number of amides is 3. The van der Waals surface area contributed by atoms with Gasteiger partial charge in [-0.15, -0.1) is 0 Å². The number of benzene rings is 3. The van der Waals surface area contributed by atoms with Crippen LogP contribution in [0.5, 0.6) is 0 Å². The third-order valence-electron chi connectivity index (χ3n) is 6.72. The Balaban J connectivity index is 1.67. The normalized spacial score (nSPS) is 19.8. The van der Waals surface area contributed by atoms with E-state index in [0.717, 1.165) is 28.5 Å². The van der Waals surface area contributed by atoms with Crippen LogP contribution in [-0.2, 0) is 14.6 Å². The Bertz CT molecular complexity index is 1520. The van der Waals surface area contributed by atoms with Crippen molar-refractivity contribution in [3.05, 3.63) is 100 Å². The predicted octanol–water partition coefficient (Wildman–Crippen LogP) is 4.15. The highest BCUT2D eigenvalue weighted by Gasteiger charge is 2.44. The number of nitrogens with one attached hydrogen (secondary N) is 1. The number of carbonyl (C=O) groups excluding carboxylic acids is 2. The maximum absolute atomic E-state index is 14.1. The van der Waals surface area contributed by atoms with Crippen LogP contribution in [0.25, 0.3) is 0 Å². The summed E-state index contributed by atoms with van der Waals surface area (Å²) in [4.78, 5) is 34.7. The zero-order chi connectivity index (χ0) is 27.0. The lowest BCUT2D eigenvalue weighted by molar-refractivity contribution is -0.123. The highest BCUT2D eigenvalue weighted by atomic mass is 35.5. The Kier molecular flexibility index (Phi) is 6.98. The molecule has 0 spiro atoms. The molecule has 1 N–H and O–H groups in total. The van der Waals surface area contributed by atoms with Crippen molar-refractivity contribution in [2.45, 2.75) is 23.9 Å². The van der Waals surface area contributed by atoms with E-state index in [-0.39, 0.29) is 23.4 Å². The number of piperazine rings is 1. The molecule has 2 heterocycles. The van der Waals surface area contributed by atoms with Gasteiger partial charge in [0, 0.05) is 29.9 Å². The van der Waals surface area contributed by atoms with Gasteiger partial charge in [0.1, 0.15) is 18.4 Å². The lowest BCUT2D eigenvalue weighted by Crippen LogP contribution is -2.55.